The van der Waals surface area contributed by atoms with E-state index in [1.54, 1.807) is 0 Å². The third-order valence-electron chi connectivity index (χ3n) is 5.09. The van der Waals surface area contributed by atoms with Gasteiger partial charge in [0.1, 0.15) is 18.0 Å². The molecule has 3 nitrogen and oxygen atoms in total. The van der Waals surface area contributed by atoms with Gasteiger partial charge in [-0.3, -0.25) is 4.90 Å². The number of aryl methyl sites for hydroxylation is 2. The Morgan fingerprint density at radius 1 is 1.27 bits per heavy atom. The second-order valence-corrected chi connectivity index (χ2v) is 7.42. The topological polar surface area (TPSA) is 32.7 Å². The second-order valence-electron chi connectivity index (χ2n) is 7.04. The van der Waals surface area contributed by atoms with Crippen molar-refractivity contribution in [1.29, 1.82) is 0 Å². The van der Waals surface area contributed by atoms with Crippen molar-refractivity contribution in [2.24, 2.45) is 0 Å². The average Bonchev–Trinajstić information content (AvgIpc) is 2.41. The van der Waals surface area contributed by atoms with Gasteiger partial charge in [-0.2, -0.15) is 0 Å². The maximum Gasteiger partial charge on any atom is 0.120 e. The number of β-amino-alcohol motifs (C(OH)–C–C–N with tert-alkyl or cyclic N) is 1. The Kier molecular flexibility index (Phi) is 4.67. The van der Waals surface area contributed by atoms with E-state index in [-0.39, 0.29) is 0 Å². The second kappa shape index (κ2) is 6.38. The van der Waals surface area contributed by atoms with Crippen molar-refractivity contribution >= 4 is 11.6 Å². The predicted octanol–water partition coefficient (Wildman–Crippen LogP) is 3.72. The lowest BCUT2D eigenvalue weighted by molar-refractivity contribution is -0.0779. The van der Waals surface area contributed by atoms with Crippen LogP contribution in [0.25, 0.3) is 0 Å². The van der Waals surface area contributed by atoms with Gasteiger partial charge < -0.3 is 9.84 Å². The highest BCUT2D eigenvalue weighted by molar-refractivity contribution is 6.32. The molecule has 2 fully saturated rings. The molecule has 1 aliphatic heterocycles. The molecule has 1 aromatic rings. The minimum atomic E-state index is -0.727. The number of ether oxygens (including phenoxy) is 1. The summed E-state index contributed by atoms with van der Waals surface area (Å²) in [6.45, 7) is 6.18. The van der Waals surface area contributed by atoms with Crippen LogP contribution in [0.4, 0.5) is 0 Å². The Bertz CT molecular complexity index is 521. The van der Waals surface area contributed by atoms with Crippen LogP contribution in [0.2, 0.25) is 5.02 Å². The van der Waals surface area contributed by atoms with E-state index in [2.05, 4.69) is 4.90 Å². The normalized spacial score (nSPS) is 26.7. The first-order valence-corrected chi connectivity index (χ1v) is 8.71. The zero-order valence-electron chi connectivity index (χ0n) is 13.6. The Labute approximate surface area is 138 Å². The van der Waals surface area contributed by atoms with Crippen LogP contribution in [0.5, 0.6) is 5.75 Å². The van der Waals surface area contributed by atoms with Gasteiger partial charge in [-0.25, -0.2) is 0 Å². The van der Waals surface area contributed by atoms with Crippen molar-refractivity contribution < 1.29 is 9.84 Å². The Balaban J connectivity index is 1.62. The van der Waals surface area contributed by atoms with Crippen LogP contribution >= 0.6 is 11.6 Å². The number of aliphatic hydroxyl groups is 1. The number of hydrogen-bond donors (Lipinski definition) is 1. The van der Waals surface area contributed by atoms with Gasteiger partial charge in [-0.1, -0.05) is 18.0 Å². The fourth-order valence-electron chi connectivity index (χ4n) is 3.54. The van der Waals surface area contributed by atoms with E-state index >= 15 is 0 Å². The van der Waals surface area contributed by atoms with E-state index in [0.29, 0.717) is 12.6 Å². The molecule has 1 heterocycles. The molecule has 0 aromatic heterocycles. The number of rotatable bonds is 4. The molecule has 1 saturated heterocycles. The van der Waals surface area contributed by atoms with Crippen LogP contribution in [0.1, 0.15) is 43.2 Å². The lowest BCUT2D eigenvalue weighted by Gasteiger charge is -2.45. The van der Waals surface area contributed by atoms with Crippen LogP contribution in [0, 0.1) is 13.8 Å². The summed E-state index contributed by atoms with van der Waals surface area (Å²) in [6.07, 6.45) is 5.77. The van der Waals surface area contributed by atoms with Crippen LogP contribution in [0.3, 0.4) is 0 Å². The standard InChI is InChI=1S/C18H26ClNO2/c1-13-9-16(10-14(2)17(13)19)22-12-18(21)7-4-8-20(11-18)15-5-3-6-15/h9-10,15,21H,3-8,11-12H2,1-2H3. The van der Waals surface area contributed by atoms with Crippen molar-refractivity contribution in [3.8, 4) is 5.75 Å². The van der Waals surface area contributed by atoms with Crippen LogP contribution in [-0.2, 0) is 0 Å². The van der Waals surface area contributed by atoms with E-state index in [4.69, 9.17) is 16.3 Å². The zero-order chi connectivity index (χ0) is 15.7. The molecular formula is C18H26ClNO2. The van der Waals surface area contributed by atoms with Gasteiger partial charge in [0.05, 0.1) is 0 Å². The Morgan fingerprint density at radius 3 is 2.55 bits per heavy atom. The maximum atomic E-state index is 10.9. The molecule has 0 amide bonds. The lowest BCUT2D eigenvalue weighted by atomic mass is 9.86. The largest absolute Gasteiger partial charge is 0.491 e. The Morgan fingerprint density at radius 2 is 1.95 bits per heavy atom. The molecule has 1 aromatic carbocycles. The molecule has 1 aliphatic carbocycles. The van der Waals surface area contributed by atoms with Crippen molar-refractivity contribution in [3.63, 3.8) is 0 Å². The highest BCUT2D eigenvalue weighted by atomic mass is 35.5. The molecule has 122 valence electrons. The fraction of sp³-hybridized carbons (Fsp3) is 0.667. The minimum Gasteiger partial charge on any atom is -0.491 e. The highest BCUT2D eigenvalue weighted by Gasteiger charge is 2.38. The smallest absolute Gasteiger partial charge is 0.120 e. The molecule has 1 atom stereocenters. The third kappa shape index (κ3) is 3.42. The molecule has 0 bridgehead atoms. The number of hydrogen-bond acceptors (Lipinski definition) is 3. The summed E-state index contributed by atoms with van der Waals surface area (Å²) >= 11 is 6.19. The number of piperidine rings is 1. The quantitative estimate of drug-likeness (QED) is 0.916. The van der Waals surface area contributed by atoms with Gasteiger partial charge >= 0.3 is 0 Å². The van der Waals surface area contributed by atoms with E-state index in [1.165, 1.54) is 19.3 Å². The summed E-state index contributed by atoms with van der Waals surface area (Å²) in [5, 5.41) is 11.7. The Hall–Kier alpha value is -0.770. The van der Waals surface area contributed by atoms with Crippen LogP contribution in [0.15, 0.2) is 12.1 Å². The van der Waals surface area contributed by atoms with Crippen molar-refractivity contribution in [2.75, 3.05) is 19.7 Å². The first-order chi connectivity index (χ1) is 10.5. The minimum absolute atomic E-state index is 0.358. The molecule has 22 heavy (non-hydrogen) atoms. The molecule has 4 heteroatoms. The van der Waals surface area contributed by atoms with Crippen molar-refractivity contribution in [1.82, 2.24) is 4.90 Å². The summed E-state index contributed by atoms with van der Waals surface area (Å²) < 4.78 is 5.91. The summed E-state index contributed by atoms with van der Waals surface area (Å²) in [5.74, 6) is 0.800. The number of halogens is 1. The van der Waals surface area contributed by atoms with E-state index < -0.39 is 5.60 Å². The molecule has 3 rings (SSSR count). The number of nitrogens with zero attached hydrogens (tertiary/aromatic N) is 1. The lowest BCUT2D eigenvalue weighted by Crippen LogP contribution is -2.55. The molecular weight excluding hydrogens is 298 g/mol. The van der Waals surface area contributed by atoms with Gasteiger partial charge in [0, 0.05) is 17.6 Å². The SMILES string of the molecule is Cc1cc(OCC2(O)CCCN(C3CCC3)C2)cc(C)c1Cl. The third-order valence-corrected chi connectivity index (χ3v) is 5.69. The zero-order valence-corrected chi connectivity index (χ0v) is 14.3. The van der Waals surface area contributed by atoms with Crippen LogP contribution in [-0.4, -0.2) is 41.3 Å². The van der Waals surface area contributed by atoms with Crippen molar-refractivity contribution in [2.45, 2.75) is 57.6 Å². The number of benzene rings is 1. The molecule has 2 aliphatic rings. The monoisotopic (exact) mass is 323 g/mol. The molecule has 1 saturated carbocycles. The summed E-state index contributed by atoms with van der Waals surface area (Å²) in [6, 6.07) is 4.59. The van der Waals surface area contributed by atoms with Crippen molar-refractivity contribution in [3.05, 3.63) is 28.3 Å². The van der Waals surface area contributed by atoms with E-state index in [0.717, 1.165) is 47.8 Å². The van der Waals surface area contributed by atoms with Gasteiger partial charge in [-0.15, -0.1) is 0 Å². The molecule has 1 unspecified atom stereocenters. The van der Waals surface area contributed by atoms with E-state index in [1.807, 2.05) is 26.0 Å². The predicted molar refractivity (Wildman–Crippen MR) is 89.8 cm³/mol. The van der Waals surface area contributed by atoms with Gasteiger partial charge in [-0.05, 0) is 69.3 Å². The summed E-state index contributed by atoms with van der Waals surface area (Å²) in [7, 11) is 0. The van der Waals surface area contributed by atoms with E-state index in [9.17, 15) is 5.11 Å². The van der Waals surface area contributed by atoms with Gasteiger partial charge in [0.2, 0.25) is 0 Å². The number of likely N-dealkylation sites (tertiary alicyclic amines) is 1. The van der Waals surface area contributed by atoms with Crippen LogP contribution < -0.4 is 4.74 Å². The summed E-state index contributed by atoms with van der Waals surface area (Å²) in [4.78, 5) is 2.45. The fourth-order valence-corrected chi connectivity index (χ4v) is 3.64. The first kappa shape index (κ1) is 16.1. The summed E-state index contributed by atoms with van der Waals surface area (Å²) in [5.41, 5.74) is 1.31. The maximum absolute atomic E-state index is 10.9. The van der Waals surface area contributed by atoms with Gasteiger partial charge in [0.15, 0.2) is 0 Å². The van der Waals surface area contributed by atoms with Gasteiger partial charge in [0.25, 0.3) is 0 Å². The first-order valence-electron chi connectivity index (χ1n) is 8.33. The molecule has 0 spiro atoms. The molecule has 1 N–H and O–H groups in total. The molecule has 0 radical (unpaired) electrons. The highest BCUT2D eigenvalue weighted by Crippen LogP contribution is 2.32. The average molecular weight is 324 g/mol.